The first-order chi connectivity index (χ1) is 9.29. The maximum Gasteiger partial charge on any atom is 0.417 e. The average molecular weight is 289 g/mol. The third-order valence-electron chi connectivity index (χ3n) is 2.58. The molecule has 5 nitrogen and oxygen atoms in total. The van der Waals surface area contributed by atoms with Gasteiger partial charge < -0.3 is 10.2 Å². The van der Waals surface area contributed by atoms with Crippen LogP contribution < -0.4 is 5.32 Å². The molecule has 8 heteroatoms. The van der Waals surface area contributed by atoms with Gasteiger partial charge in [0, 0.05) is 19.3 Å². The Kier molecular flexibility index (Phi) is 5.06. The van der Waals surface area contributed by atoms with Crippen LogP contribution in [0.25, 0.3) is 0 Å². The van der Waals surface area contributed by atoms with Crippen molar-refractivity contribution in [3.63, 3.8) is 0 Å². The lowest BCUT2D eigenvalue weighted by Gasteiger charge is -2.17. The molecule has 20 heavy (non-hydrogen) atoms. The largest absolute Gasteiger partial charge is 0.417 e. The Hall–Kier alpha value is -2.12. The lowest BCUT2D eigenvalue weighted by Crippen LogP contribution is -2.39. The average Bonchev–Trinajstić information content (AvgIpc) is 2.39. The van der Waals surface area contributed by atoms with E-state index < -0.39 is 23.6 Å². The summed E-state index contributed by atoms with van der Waals surface area (Å²) < 4.78 is 37.0. The van der Waals surface area contributed by atoms with E-state index in [2.05, 4.69) is 10.3 Å². The van der Waals surface area contributed by atoms with Gasteiger partial charge in [0.1, 0.15) is 5.82 Å². The monoisotopic (exact) mass is 289 g/mol. The molecule has 0 atom stereocenters. The van der Waals surface area contributed by atoms with Gasteiger partial charge in [-0.1, -0.05) is 0 Å². The Labute approximate surface area is 113 Å². The zero-order valence-corrected chi connectivity index (χ0v) is 11.0. The molecule has 110 valence electrons. The summed E-state index contributed by atoms with van der Waals surface area (Å²) in [5.41, 5.74) is -0.925. The molecule has 1 N–H and O–H groups in total. The summed E-state index contributed by atoms with van der Waals surface area (Å²) in [4.78, 5) is 28.0. The highest BCUT2D eigenvalue weighted by Gasteiger charge is 2.30. The van der Waals surface area contributed by atoms with Gasteiger partial charge in [-0.15, -0.1) is 0 Å². The molecule has 1 aromatic heterocycles. The predicted molar refractivity (Wildman–Crippen MR) is 65.8 cm³/mol. The van der Waals surface area contributed by atoms with Crippen LogP contribution in [-0.4, -0.2) is 34.8 Å². The molecule has 0 spiro atoms. The van der Waals surface area contributed by atoms with E-state index in [0.29, 0.717) is 19.3 Å². The first-order valence-corrected chi connectivity index (χ1v) is 5.93. The molecule has 2 amide bonds. The molecule has 0 aliphatic carbocycles. The number of anilines is 1. The van der Waals surface area contributed by atoms with Crippen molar-refractivity contribution in [2.24, 2.45) is 0 Å². The summed E-state index contributed by atoms with van der Waals surface area (Å²) >= 11 is 0. The van der Waals surface area contributed by atoms with E-state index >= 15 is 0 Å². The van der Waals surface area contributed by atoms with Gasteiger partial charge in [0.15, 0.2) is 0 Å². The van der Waals surface area contributed by atoms with Crippen molar-refractivity contribution >= 4 is 17.6 Å². The van der Waals surface area contributed by atoms with Crippen molar-refractivity contribution < 1.29 is 22.8 Å². The lowest BCUT2D eigenvalue weighted by molar-refractivity contribution is -0.142. The van der Waals surface area contributed by atoms with Gasteiger partial charge in [-0.2, -0.15) is 13.2 Å². The minimum absolute atomic E-state index is 0.108. The molecule has 1 aromatic rings. The van der Waals surface area contributed by atoms with E-state index in [4.69, 9.17) is 0 Å². The molecule has 1 heterocycles. The van der Waals surface area contributed by atoms with Crippen molar-refractivity contribution in [1.29, 1.82) is 0 Å². The number of rotatable bonds is 3. The van der Waals surface area contributed by atoms with Crippen LogP contribution in [0.4, 0.5) is 19.0 Å². The van der Waals surface area contributed by atoms with Crippen LogP contribution in [0.5, 0.6) is 0 Å². The maximum atomic E-state index is 12.3. The number of hydrogen-bond acceptors (Lipinski definition) is 3. The number of likely N-dealkylation sites (N-methyl/N-ethyl adjacent to an activating group) is 1. The van der Waals surface area contributed by atoms with Crippen LogP contribution in [0, 0.1) is 0 Å². The summed E-state index contributed by atoms with van der Waals surface area (Å²) in [6.45, 7) is 4.16. The van der Waals surface area contributed by atoms with Gasteiger partial charge in [-0.05, 0) is 26.0 Å². The van der Waals surface area contributed by atoms with Crippen molar-refractivity contribution in [1.82, 2.24) is 9.88 Å². The Morgan fingerprint density at radius 3 is 2.25 bits per heavy atom. The fourth-order valence-electron chi connectivity index (χ4n) is 1.46. The number of aromatic nitrogens is 1. The van der Waals surface area contributed by atoms with E-state index in [1.54, 1.807) is 13.8 Å². The number of carbonyl (C=O) groups is 2. The summed E-state index contributed by atoms with van der Waals surface area (Å²) in [5, 5.41) is 2.16. The molecular formula is C12H14F3N3O2. The summed E-state index contributed by atoms with van der Waals surface area (Å²) in [6.07, 6.45) is -3.90. The van der Waals surface area contributed by atoms with Crippen molar-refractivity contribution in [2.75, 3.05) is 18.4 Å². The van der Waals surface area contributed by atoms with Gasteiger partial charge in [-0.3, -0.25) is 9.59 Å². The molecule has 0 bridgehead atoms. The normalized spacial score (nSPS) is 11.1. The smallest absolute Gasteiger partial charge is 0.335 e. The molecule has 0 radical (unpaired) electrons. The summed E-state index contributed by atoms with van der Waals surface area (Å²) in [6, 6.07) is 1.78. The highest BCUT2D eigenvalue weighted by atomic mass is 19.4. The lowest BCUT2D eigenvalue weighted by atomic mass is 10.3. The van der Waals surface area contributed by atoms with E-state index in [1.165, 1.54) is 4.90 Å². The van der Waals surface area contributed by atoms with Gasteiger partial charge in [0.2, 0.25) is 0 Å². The van der Waals surface area contributed by atoms with Gasteiger partial charge in [-0.25, -0.2) is 4.98 Å². The van der Waals surface area contributed by atoms with Gasteiger partial charge in [0.05, 0.1) is 5.56 Å². The standard InChI is InChI=1S/C12H14F3N3O2/c1-3-18(4-2)11(20)10(19)17-9-6-5-8(7-16-9)12(13,14)15/h5-7H,3-4H2,1-2H3,(H,16,17,19). The molecule has 0 saturated heterocycles. The molecule has 0 fully saturated rings. The first-order valence-electron chi connectivity index (χ1n) is 5.93. The second-order valence-corrected chi connectivity index (χ2v) is 3.86. The van der Waals surface area contributed by atoms with Gasteiger partial charge in [0.25, 0.3) is 0 Å². The number of nitrogens with zero attached hydrogens (tertiary/aromatic N) is 2. The molecule has 0 aromatic carbocycles. The Balaban J connectivity index is 2.74. The number of nitrogens with one attached hydrogen (secondary N) is 1. The van der Waals surface area contributed by atoms with Crippen LogP contribution in [0.1, 0.15) is 19.4 Å². The quantitative estimate of drug-likeness (QED) is 0.865. The fourth-order valence-corrected chi connectivity index (χ4v) is 1.46. The summed E-state index contributed by atoms with van der Waals surface area (Å²) in [5.74, 6) is -1.79. The predicted octanol–water partition coefficient (Wildman–Crippen LogP) is 1.91. The van der Waals surface area contributed by atoms with Crippen molar-refractivity contribution in [3.05, 3.63) is 23.9 Å². The van der Waals surface area contributed by atoms with Gasteiger partial charge >= 0.3 is 18.0 Å². The van der Waals surface area contributed by atoms with Crippen LogP contribution in [0.15, 0.2) is 18.3 Å². The SMILES string of the molecule is CCN(CC)C(=O)C(=O)Nc1ccc(C(F)(F)F)cn1. The highest BCUT2D eigenvalue weighted by Crippen LogP contribution is 2.28. The Morgan fingerprint density at radius 2 is 1.85 bits per heavy atom. The minimum atomic E-state index is -4.49. The highest BCUT2D eigenvalue weighted by molar-refractivity contribution is 6.39. The maximum absolute atomic E-state index is 12.3. The second kappa shape index (κ2) is 6.36. The van der Waals surface area contributed by atoms with E-state index in [0.717, 1.165) is 12.1 Å². The molecule has 0 aliphatic rings. The molecule has 0 aliphatic heterocycles. The van der Waals surface area contributed by atoms with Crippen LogP contribution in [0.2, 0.25) is 0 Å². The summed E-state index contributed by atoms with van der Waals surface area (Å²) in [7, 11) is 0. The van der Waals surface area contributed by atoms with Crippen LogP contribution in [0.3, 0.4) is 0 Å². The minimum Gasteiger partial charge on any atom is -0.335 e. The first kappa shape index (κ1) is 15.9. The zero-order chi connectivity index (χ0) is 15.3. The second-order valence-electron chi connectivity index (χ2n) is 3.86. The molecule has 1 rings (SSSR count). The van der Waals surface area contributed by atoms with Crippen molar-refractivity contribution in [2.45, 2.75) is 20.0 Å². The molecule has 0 unspecified atom stereocenters. The molecule has 0 saturated carbocycles. The number of halogens is 3. The van der Waals surface area contributed by atoms with E-state index in [-0.39, 0.29) is 5.82 Å². The van der Waals surface area contributed by atoms with Crippen molar-refractivity contribution in [3.8, 4) is 0 Å². The third-order valence-corrected chi connectivity index (χ3v) is 2.58. The Bertz CT molecular complexity index is 482. The molecular weight excluding hydrogens is 275 g/mol. The number of hydrogen-bond donors (Lipinski definition) is 1. The number of alkyl halides is 3. The Morgan fingerprint density at radius 1 is 1.25 bits per heavy atom. The fraction of sp³-hybridized carbons (Fsp3) is 0.417. The topological polar surface area (TPSA) is 62.3 Å². The van der Waals surface area contributed by atoms with Crippen LogP contribution >= 0.6 is 0 Å². The van der Waals surface area contributed by atoms with Crippen LogP contribution in [-0.2, 0) is 15.8 Å². The number of carbonyl (C=O) groups excluding carboxylic acids is 2. The van der Waals surface area contributed by atoms with E-state index in [1.807, 2.05) is 0 Å². The number of amides is 2. The third kappa shape index (κ3) is 3.94. The number of pyridine rings is 1. The zero-order valence-electron chi connectivity index (χ0n) is 11.0. The van der Waals surface area contributed by atoms with E-state index in [9.17, 15) is 22.8 Å².